The van der Waals surface area contributed by atoms with E-state index in [1.165, 1.54) is 32.4 Å². The van der Waals surface area contributed by atoms with Crippen LogP contribution in [0.15, 0.2) is 48.5 Å². The summed E-state index contributed by atoms with van der Waals surface area (Å²) < 4.78 is 7.15. The lowest BCUT2D eigenvalue weighted by molar-refractivity contribution is -0.905. The second-order valence-corrected chi connectivity index (χ2v) is 7.70. The fourth-order valence-electron chi connectivity index (χ4n) is 3.90. The molecule has 0 amide bonds. The second kappa shape index (κ2) is 9.59. The molecule has 6 heteroatoms. The maximum absolute atomic E-state index is 10.4. The van der Waals surface area contributed by atoms with Crippen molar-refractivity contribution in [2.45, 2.75) is 25.8 Å². The second-order valence-electron chi connectivity index (χ2n) is 7.70. The van der Waals surface area contributed by atoms with Crippen LogP contribution >= 0.6 is 0 Å². The van der Waals surface area contributed by atoms with E-state index >= 15 is 0 Å². The number of nitrogens with one attached hydrogen (secondary N) is 1. The number of ether oxygens (including phenoxy) is 1. The monoisotopic (exact) mass is 405 g/mol. The van der Waals surface area contributed by atoms with Crippen LogP contribution in [-0.4, -0.2) is 46.6 Å². The van der Waals surface area contributed by atoms with E-state index < -0.39 is 0 Å². The van der Waals surface area contributed by atoms with E-state index in [0.717, 1.165) is 24.4 Å². The van der Waals surface area contributed by atoms with E-state index in [1.807, 2.05) is 59.3 Å². The molecule has 4 rings (SSSR count). The van der Waals surface area contributed by atoms with Gasteiger partial charge in [0.2, 0.25) is 0 Å². The van der Waals surface area contributed by atoms with Gasteiger partial charge in [0.25, 0.3) is 0 Å². The van der Waals surface area contributed by atoms with E-state index in [2.05, 4.69) is 0 Å². The lowest BCUT2D eigenvalue weighted by Crippen LogP contribution is -3.13. The summed E-state index contributed by atoms with van der Waals surface area (Å²) in [7, 11) is 1.66. The molecule has 0 radical (unpaired) electrons. The molecule has 2 aromatic carbocycles. The summed E-state index contributed by atoms with van der Waals surface area (Å²) in [4.78, 5) is 6.35. The first kappa shape index (κ1) is 20.2. The molecule has 3 aromatic rings. The number of phenolic OH excluding ortho intramolecular Hbond substituents is 1. The predicted octanol–water partition coefficient (Wildman–Crippen LogP) is 2.90. The number of likely N-dealkylation sites (tertiary alicyclic amines) is 1. The lowest BCUT2D eigenvalue weighted by Gasteiger charge is -2.23. The first-order chi connectivity index (χ1) is 14.7. The molecular formula is C24H29N4O2+. The van der Waals surface area contributed by atoms with Crippen molar-refractivity contribution in [1.29, 1.82) is 0 Å². The van der Waals surface area contributed by atoms with Gasteiger partial charge in [-0.15, -0.1) is 0 Å². The molecule has 0 spiro atoms. The molecule has 6 nitrogen and oxygen atoms in total. The predicted molar refractivity (Wildman–Crippen MR) is 118 cm³/mol. The number of quaternary nitrogens is 1. The van der Waals surface area contributed by atoms with Gasteiger partial charge in [0.1, 0.15) is 11.5 Å². The molecule has 1 saturated heterocycles. The van der Waals surface area contributed by atoms with E-state index in [0.29, 0.717) is 17.2 Å². The Labute approximate surface area is 177 Å². The fourth-order valence-corrected chi connectivity index (χ4v) is 3.90. The fraction of sp³-hybridized carbons (Fsp3) is 0.333. The average molecular weight is 406 g/mol. The van der Waals surface area contributed by atoms with Gasteiger partial charge < -0.3 is 14.7 Å². The van der Waals surface area contributed by atoms with E-state index in [9.17, 15) is 5.11 Å². The maximum atomic E-state index is 10.4. The first-order valence-electron chi connectivity index (χ1n) is 10.6. The summed E-state index contributed by atoms with van der Waals surface area (Å²) in [6.07, 6.45) is 7.85. The Hall–Kier alpha value is -3.12. The van der Waals surface area contributed by atoms with E-state index in [1.54, 1.807) is 18.1 Å². The largest absolute Gasteiger partial charge is 0.507 e. The van der Waals surface area contributed by atoms with Crippen LogP contribution < -0.4 is 9.64 Å². The van der Waals surface area contributed by atoms with E-state index in [-0.39, 0.29) is 5.75 Å². The van der Waals surface area contributed by atoms with Gasteiger partial charge in [0.05, 0.1) is 38.9 Å². The number of benzene rings is 2. The lowest BCUT2D eigenvalue weighted by atomic mass is 10.1. The Morgan fingerprint density at radius 1 is 1.03 bits per heavy atom. The summed E-state index contributed by atoms with van der Waals surface area (Å²) in [5.74, 6) is 2.40. The quantitative estimate of drug-likeness (QED) is 0.634. The van der Waals surface area contributed by atoms with Crippen LogP contribution in [0.25, 0.3) is 23.5 Å². The Bertz CT molecular complexity index is 989. The molecule has 1 aromatic heterocycles. The Morgan fingerprint density at radius 3 is 2.53 bits per heavy atom. The van der Waals surface area contributed by atoms with Gasteiger partial charge in [-0.2, -0.15) is 5.10 Å². The molecule has 1 aliphatic rings. The molecule has 0 aliphatic carbocycles. The van der Waals surface area contributed by atoms with Crippen LogP contribution in [0.4, 0.5) is 0 Å². The van der Waals surface area contributed by atoms with Gasteiger partial charge in [0.15, 0.2) is 11.6 Å². The highest BCUT2D eigenvalue weighted by molar-refractivity contribution is 5.69. The van der Waals surface area contributed by atoms with Gasteiger partial charge >= 0.3 is 0 Å². The number of nitrogens with zero attached hydrogens (tertiary/aromatic N) is 3. The molecular weight excluding hydrogens is 376 g/mol. The van der Waals surface area contributed by atoms with Crippen molar-refractivity contribution in [3.63, 3.8) is 0 Å². The SMILES string of the molecule is COc1ccc(/C=C/c2nc(-c3ccccc3O)n(CC[NH+]3CCCCC3)n2)cc1. The van der Waals surface area contributed by atoms with Crippen molar-refractivity contribution in [2.75, 3.05) is 26.7 Å². The Balaban J connectivity index is 1.57. The highest BCUT2D eigenvalue weighted by atomic mass is 16.5. The van der Waals surface area contributed by atoms with Crippen molar-refractivity contribution >= 4 is 12.2 Å². The number of hydrogen-bond acceptors (Lipinski definition) is 4. The first-order valence-corrected chi connectivity index (χ1v) is 10.6. The molecule has 30 heavy (non-hydrogen) atoms. The van der Waals surface area contributed by atoms with Crippen LogP contribution in [0.5, 0.6) is 11.5 Å². The van der Waals surface area contributed by atoms with Crippen LogP contribution in [-0.2, 0) is 6.54 Å². The summed E-state index contributed by atoms with van der Waals surface area (Å²) in [6.45, 7) is 4.25. The molecule has 156 valence electrons. The zero-order valence-electron chi connectivity index (χ0n) is 17.4. The number of phenols is 1. The molecule has 1 fully saturated rings. The van der Waals surface area contributed by atoms with Crippen molar-refractivity contribution in [3.8, 4) is 22.9 Å². The standard InChI is InChI=1S/C24H28N4O2/c1-30-20-12-9-19(10-13-20)11-14-23-25-24(21-7-3-4-8-22(21)29)28(26-23)18-17-27-15-5-2-6-16-27/h3-4,7-14,29H,2,5-6,15-18H2,1H3/p+1/b14-11+. The van der Waals surface area contributed by atoms with Gasteiger partial charge in [-0.05, 0) is 55.2 Å². The Morgan fingerprint density at radius 2 is 1.80 bits per heavy atom. The molecule has 0 atom stereocenters. The zero-order chi connectivity index (χ0) is 20.8. The smallest absolute Gasteiger partial charge is 0.174 e. The minimum Gasteiger partial charge on any atom is -0.507 e. The van der Waals surface area contributed by atoms with Gasteiger partial charge in [-0.3, -0.25) is 0 Å². The van der Waals surface area contributed by atoms with Crippen molar-refractivity contribution in [3.05, 3.63) is 59.9 Å². The number of aromatic nitrogens is 3. The van der Waals surface area contributed by atoms with Crippen molar-refractivity contribution < 1.29 is 14.7 Å². The third-order valence-corrected chi connectivity index (χ3v) is 5.61. The Kier molecular flexibility index (Phi) is 6.44. The van der Waals surface area contributed by atoms with Crippen molar-refractivity contribution in [2.24, 2.45) is 0 Å². The van der Waals surface area contributed by atoms with Gasteiger partial charge in [0, 0.05) is 0 Å². The minimum absolute atomic E-state index is 0.224. The molecule has 0 saturated carbocycles. The highest BCUT2D eigenvalue weighted by Crippen LogP contribution is 2.27. The van der Waals surface area contributed by atoms with E-state index in [4.69, 9.17) is 14.8 Å². The summed E-state index contributed by atoms with van der Waals surface area (Å²) >= 11 is 0. The van der Waals surface area contributed by atoms with Crippen molar-refractivity contribution in [1.82, 2.24) is 14.8 Å². The van der Waals surface area contributed by atoms with Crippen LogP contribution in [0.1, 0.15) is 30.7 Å². The maximum Gasteiger partial charge on any atom is 0.174 e. The van der Waals surface area contributed by atoms with Gasteiger partial charge in [-0.1, -0.05) is 30.3 Å². The third-order valence-electron chi connectivity index (χ3n) is 5.61. The zero-order valence-corrected chi connectivity index (χ0v) is 17.4. The number of piperidine rings is 1. The number of para-hydroxylation sites is 1. The average Bonchev–Trinajstić information content (AvgIpc) is 3.20. The number of rotatable bonds is 7. The molecule has 0 unspecified atom stereocenters. The number of methoxy groups -OCH3 is 1. The number of aromatic hydroxyl groups is 1. The minimum atomic E-state index is 0.224. The van der Waals surface area contributed by atoms with Crippen LogP contribution in [0.3, 0.4) is 0 Å². The van der Waals surface area contributed by atoms with Crippen LogP contribution in [0.2, 0.25) is 0 Å². The molecule has 2 N–H and O–H groups in total. The third kappa shape index (κ3) is 4.89. The summed E-state index contributed by atoms with van der Waals surface area (Å²) in [5, 5.41) is 15.1. The topological polar surface area (TPSA) is 64.6 Å². The summed E-state index contributed by atoms with van der Waals surface area (Å²) in [6, 6.07) is 15.2. The van der Waals surface area contributed by atoms with Gasteiger partial charge in [-0.25, -0.2) is 9.67 Å². The number of hydrogen-bond donors (Lipinski definition) is 2. The molecule has 0 bridgehead atoms. The van der Waals surface area contributed by atoms with Crippen LogP contribution in [0, 0.1) is 0 Å². The highest BCUT2D eigenvalue weighted by Gasteiger charge is 2.17. The normalized spacial score (nSPS) is 15.0. The molecule has 2 heterocycles. The molecule has 1 aliphatic heterocycles. The summed E-state index contributed by atoms with van der Waals surface area (Å²) in [5.41, 5.74) is 1.76.